The van der Waals surface area contributed by atoms with Crippen LogP contribution < -0.4 is 0 Å². The van der Waals surface area contributed by atoms with Gasteiger partial charge in [0, 0.05) is 31.7 Å². The lowest BCUT2D eigenvalue weighted by atomic mass is 10.1. The van der Waals surface area contributed by atoms with Gasteiger partial charge in [-0.05, 0) is 31.4 Å². The first-order valence-electron chi connectivity index (χ1n) is 5.55. The summed E-state index contributed by atoms with van der Waals surface area (Å²) < 4.78 is 1.88. The third-order valence-electron chi connectivity index (χ3n) is 3.04. The number of alkyl halides is 1. The molecule has 1 fully saturated rings. The van der Waals surface area contributed by atoms with Gasteiger partial charge in [-0.3, -0.25) is 9.58 Å². The summed E-state index contributed by atoms with van der Waals surface area (Å²) in [5.74, 6) is 0.882. The Morgan fingerprint density at radius 3 is 3.13 bits per heavy atom. The topological polar surface area (TPSA) is 21.1 Å². The van der Waals surface area contributed by atoms with E-state index >= 15 is 0 Å². The molecule has 1 unspecified atom stereocenters. The Morgan fingerprint density at radius 1 is 1.60 bits per heavy atom. The van der Waals surface area contributed by atoms with Crippen LogP contribution in [-0.2, 0) is 13.6 Å². The Bertz CT molecular complexity index is 311. The molecule has 15 heavy (non-hydrogen) atoms. The van der Waals surface area contributed by atoms with Gasteiger partial charge in [0.1, 0.15) is 0 Å². The van der Waals surface area contributed by atoms with Crippen LogP contribution in [0.25, 0.3) is 0 Å². The fourth-order valence-corrected chi connectivity index (χ4v) is 2.87. The molecule has 84 valence electrons. The van der Waals surface area contributed by atoms with Gasteiger partial charge in [0.2, 0.25) is 0 Å². The fourth-order valence-electron chi connectivity index (χ4n) is 2.22. The number of aryl methyl sites for hydroxylation is 1. The quantitative estimate of drug-likeness (QED) is 0.782. The molecule has 4 heteroatoms. The van der Waals surface area contributed by atoms with E-state index in [0.29, 0.717) is 0 Å². The van der Waals surface area contributed by atoms with E-state index in [1.165, 1.54) is 31.6 Å². The molecule has 0 amide bonds. The second kappa shape index (κ2) is 5.12. The van der Waals surface area contributed by atoms with E-state index in [1.807, 2.05) is 17.9 Å². The Kier molecular flexibility index (Phi) is 3.81. The Hall–Kier alpha value is -0.350. The Morgan fingerprint density at radius 2 is 2.47 bits per heavy atom. The molecule has 0 spiro atoms. The molecule has 1 aliphatic rings. The van der Waals surface area contributed by atoms with Crippen molar-refractivity contribution in [1.82, 2.24) is 14.7 Å². The standard InChI is InChI=1S/C11H18BrN3/c1-14-6-4-11(13-14)9-15-7-3-10(8-15)2-5-12/h4,6,10H,2-3,5,7-9H2,1H3. The van der Waals surface area contributed by atoms with Crippen LogP contribution in [0, 0.1) is 5.92 Å². The van der Waals surface area contributed by atoms with Gasteiger partial charge >= 0.3 is 0 Å². The highest BCUT2D eigenvalue weighted by Gasteiger charge is 2.22. The van der Waals surface area contributed by atoms with Crippen molar-refractivity contribution in [3.63, 3.8) is 0 Å². The molecule has 1 aromatic rings. The summed E-state index contributed by atoms with van der Waals surface area (Å²) in [6, 6.07) is 2.11. The molecular formula is C11H18BrN3. The highest BCUT2D eigenvalue weighted by Crippen LogP contribution is 2.21. The van der Waals surface area contributed by atoms with Crippen molar-refractivity contribution < 1.29 is 0 Å². The fraction of sp³-hybridized carbons (Fsp3) is 0.727. The van der Waals surface area contributed by atoms with Crippen LogP contribution in [0.1, 0.15) is 18.5 Å². The van der Waals surface area contributed by atoms with Crippen molar-refractivity contribution in [3.8, 4) is 0 Å². The summed E-state index contributed by atoms with van der Waals surface area (Å²) in [5.41, 5.74) is 1.19. The molecule has 1 aromatic heterocycles. The number of likely N-dealkylation sites (tertiary alicyclic amines) is 1. The molecule has 3 nitrogen and oxygen atoms in total. The van der Waals surface area contributed by atoms with Gasteiger partial charge in [-0.2, -0.15) is 5.10 Å². The molecule has 0 N–H and O–H groups in total. The van der Waals surface area contributed by atoms with Crippen LogP contribution in [0.4, 0.5) is 0 Å². The number of rotatable bonds is 4. The second-order valence-corrected chi connectivity index (χ2v) is 5.14. The molecule has 2 rings (SSSR count). The zero-order chi connectivity index (χ0) is 10.7. The molecule has 2 heterocycles. The summed E-state index contributed by atoms with van der Waals surface area (Å²) in [5, 5.41) is 5.54. The van der Waals surface area contributed by atoms with E-state index in [9.17, 15) is 0 Å². The minimum absolute atomic E-state index is 0.882. The van der Waals surface area contributed by atoms with Crippen molar-refractivity contribution >= 4 is 15.9 Å². The van der Waals surface area contributed by atoms with E-state index in [0.717, 1.165) is 17.8 Å². The van der Waals surface area contributed by atoms with Crippen LogP contribution in [0.3, 0.4) is 0 Å². The van der Waals surface area contributed by atoms with Crippen LogP contribution in [0.15, 0.2) is 12.3 Å². The zero-order valence-electron chi connectivity index (χ0n) is 9.19. The average Bonchev–Trinajstić information content (AvgIpc) is 2.78. The number of hydrogen-bond donors (Lipinski definition) is 0. The maximum atomic E-state index is 4.41. The maximum absolute atomic E-state index is 4.41. The van der Waals surface area contributed by atoms with Crippen molar-refractivity contribution in [2.45, 2.75) is 19.4 Å². The van der Waals surface area contributed by atoms with Crippen molar-refractivity contribution in [2.24, 2.45) is 13.0 Å². The van der Waals surface area contributed by atoms with Gasteiger partial charge < -0.3 is 0 Å². The maximum Gasteiger partial charge on any atom is 0.0764 e. The monoisotopic (exact) mass is 271 g/mol. The molecule has 0 bridgehead atoms. The van der Waals surface area contributed by atoms with Gasteiger partial charge in [-0.1, -0.05) is 15.9 Å². The highest BCUT2D eigenvalue weighted by molar-refractivity contribution is 9.09. The summed E-state index contributed by atoms with van der Waals surface area (Å²) in [6.07, 6.45) is 4.67. The lowest BCUT2D eigenvalue weighted by molar-refractivity contribution is 0.311. The number of hydrogen-bond acceptors (Lipinski definition) is 2. The lowest BCUT2D eigenvalue weighted by Crippen LogP contribution is -2.20. The minimum atomic E-state index is 0.882. The number of halogens is 1. The lowest BCUT2D eigenvalue weighted by Gasteiger charge is -2.13. The summed E-state index contributed by atoms with van der Waals surface area (Å²) in [6.45, 7) is 3.48. The smallest absolute Gasteiger partial charge is 0.0764 e. The zero-order valence-corrected chi connectivity index (χ0v) is 10.8. The Balaban J connectivity index is 1.82. The molecular weight excluding hydrogens is 254 g/mol. The van der Waals surface area contributed by atoms with Crippen molar-refractivity contribution in [1.29, 1.82) is 0 Å². The highest BCUT2D eigenvalue weighted by atomic mass is 79.9. The van der Waals surface area contributed by atoms with E-state index in [4.69, 9.17) is 0 Å². The van der Waals surface area contributed by atoms with Gasteiger partial charge in [0.15, 0.2) is 0 Å². The van der Waals surface area contributed by atoms with Crippen LogP contribution in [0.2, 0.25) is 0 Å². The van der Waals surface area contributed by atoms with Gasteiger partial charge in [-0.15, -0.1) is 0 Å². The largest absolute Gasteiger partial charge is 0.297 e. The van der Waals surface area contributed by atoms with Crippen LogP contribution in [-0.4, -0.2) is 33.1 Å². The molecule has 0 aromatic carbocycles. The third-order valence-corrected chi connectivity index (χ3v) is 3.50. The number of aromatic nitrogens is 2. The molecule has 0 saturated carbocycles. The molecule has 1 saturated heterocycles. The van der Waals surface area contributed by atoms with E-state index in [-0.39, 0.29) is 0 Å². The van der Waals surface area contributed by atoms with Crippen molar-refractivity contribution in [2.75, 3.05) is 18.4 Å². The van der Waals surface area contributed by atoms with Crippen molar-refractivity contribution in [3.05, 3.63) is 18.0 Å². The predicted octanol–water partition coefficient (Wildman–Crippen LogP) is 2.03. The first-order valence-corrected chi connectivity index (χ1v) is 6.67. The predicted molar refractivity (Wildman–Crippen MR) is 65.0 cm³/mol. The van der Waals surface area contributed by atoms with Gasteiger partial charge in [-0.25, -0.2) is 0 Å². The Labute approximate surface area is 99.6 Å². The summed E-state index contributed by atoms with van der Waals surface area (Å²) >= 11 is 3.52. The van der Waals surface area contributed by atoms with Crippen LogP contribution in [0.5, 0.6) is 0 Å². The SMILES string of the molecule is Cn1ccc(CN2CCC(CCBr)C2)n1. The summed E-state index contributed by atoms with van der Waals surface area (Å²) in [4.78, 5) is 2.51. The molecule has 0 radical (unpaired) electrons. The average molecular weight is 272 g/mol. The summed E-state index contributed by atoms with van der Waals surface area (Å²) in [7, 11) is 1.97. The van der Waals surface area contributed by atoms with E-state index < -0.39 is 0 Å². The first kappa shape index (κ1) is 11.1. The van der Waals surface area contributed by atoms with E-state index in [1.54, 1.807) is 0 Å². The van der Waals surface area contributed by atoms with Gasteiger partial charge in [0.05, 0.1) is 5.69 Å². The second-order valence-electron chi connectivity index (χ2n) is 4.35. The molecule has 1 aliphatic heterocycles. The third kappa shape index (κ3) is 3.05. The normalized spacial score (nSPS) is 22.4. The first-order chi connectivity index (χ1) is 7.28. The number of nitrogens with zero attached hydrogens (tertiary/aromatic N) is 3. The minimum Gasteiger partial charge on any atom is -0.297 e. The molecule has 1 atom stereocenters. The van der Waals surface area contributed by atoms with Crippen LogP contribution >= 0.6 is 15.9 Å². The molecule has 0 aliphatic carbocycles. The van der Waals surface area contributed by atoms with E-state index in [2.05, 4.69) is 32.0 Å². The van der Waals surface area contributed by atoms with Gasteiger partial charge in [0.25, 0.3) is 0 Å².